The Balaban J connectivity index is 0.00000361. The van der Waals surface area contributed by atoms with Crippen LogP contribution in [0, 0.1) is 11.7 Å². The molecule has 20 heavy (non-hydrogen) atoms. The van der Waals surface area contributed by atoms with E-state index in [0.29, 0.717) is 25.0 Å². The number of guanidine groups is 1. The molecule has 0 radical (unpaired) electrons. The predicted molar refractivity (Wildman–Crippen MR) is 90.9 cm³/mol. The number of nitrogens with one attached hydrogen (secondary N) is 1. The molecular formula is C14H23FIN3O. The van der Waals surface area contributed by atoms with Gasteiger partial charge in [0.1, 0.15) is 5.82 Å². The highest BCUT2D eigenvalue weighted by Gasteiger charge is 2.10. The molecule has 6 heteroatoms. The summed E-state index contributed by atoms with van der Waals surface area (Å²) in [6.45, 7) is 5.34. The van der Waals surface area contributed by atoms with E-state index in [-0.39, 0.29) is 35.9 Å². The van der Waals surface area contributed by atoms with Crippen LogP contribution in [0.3, 0.4) is 0 Å². The van der Waals surface area contributed by atoms with Crippen LogP contribution in [-0.2, 0) is 4.74 Å². The number of nitrogens with two attached hydrogens (primary N) is 1. The topological polar surface area (TPSA) is 59.6 Å². The van der Waals surface area contributed by atoms with Crippen molar-refractivity contribution in [3.63, 3.8) is 0 Å². The van der Waals surface area contributed by atoms with Gasteiger partial charge in [-0.2, -0.15) is 0 Å². The van der Waals surface area contributed by atoms with E-state index in [1.807, 2.05) is 0 Å². The fourth-order valence-corrected chi connectivity index (χ4v) is 1.55. The van der Waals surface area contributed by atoms with Gasteiger partial charge in [-0.1, -0.05) is 26.0 Å². The number of methoxy groups -OCH3 is 1. The molecule has 0 spiro atoms. The first-order valence-corrected chi connectivity index (χ1v) is 6.35. The van der Waals surface area contributed by atoms with Gasteiger partial charge in [0.05, 0.1) is 6.10 Å². The SMILES string of the molecule is COC(CNC(N)=NCC(C)C)c1ccc(F)cc1.I. The third kappa shape index (κ3) is 7.04. The van der Waals surface area contributed by atoms with Crippen LogP contribution in [0.25, 0.3) is 0 Å². The highest BCUT2D eigenvalue weighted by Crippen LogP contribution is 2.15. The zero-order valence-corrected chi connectivity index (χ0v) is 14.4. The number of benzene rings is 1. The predicted octanol–water partition coefficient (Wildman–Crippen LogP) is 2.69. The van der Waals surface area contributed by atoms with Gasteiger partial charge in [-0.25, -0.2) is 4.39 Å². The maximum atomic E-state index is 12.8. The Hall–Kier alpha value is -0.890. The van der Waals surface area contributed by atoms with E-state index >= 15 is 0 Å². The van der Waals surface area contributed by atoms with E-state index in [2.05, 4.69) is 24.2 Å². The van der Waals surface area contributed by atoms with Gasteiger partial charge in [-0.05, 0) is 23.6 Å². The number of hydrogen-bond donors (Lipinski definition) is 2. The molecule has 1 atom stereocenters. The average molecular weight is 395 g/mol. The van der Waals surface area contributed by atoms with Gasteiger partial charge in [-0.3, -0.25) is 4.99 Å². The van der Waals surface area contributed by atoms with Crippen LogP contribution < -0.4 is 11.1 Å². The molecule has 0 aliphatic carbocycles. The third-order valence-corrected chi connectivity index (χ3v) is 2.62. The van der Waals surface area contributed by atoms with Gasteiger partial charge in [0.15, 0.2) is 5.96 Å². The number of ether oxygens (including phenoxy) is 1. The Morgan fingerprint density at radius 1 is 1.35 bits per heavy atom. The number of halogens is 2. The molecule has 0 saturated carbocycles. The van der Waals surface area contributed by atoms with Gasteiger partial charge in [0.25, 0.3) is 0 Å². The lowest BCUT2D eigenvalue weighted by Gasteiger charge is -2.17. The van der Waals surface area contributed by atoms with Crippen LogP contribution in [-0.4, -0.2) is 26.2 Å². The molecule has 0 aromatic heterocycles. The molecule has 0 fully saturated rings. The molecule has 4 nitrogen and oxygen atoms in total. The second-order valence-electron chi connectivity index (χ2n) is 4.78. The summed E-state index contributed by atoms with van der Waals surface area (Å²) >= 11 is 0. The first-order valence-electron chi connectivity index (χ1n) is 6.35. The summed E-state index contributed by atoms with van der Waals surface area (Å²) in [7, 11) is 1.61. The minimum Gasteiger partial charge on any atom is -0.375 e. The zero-order valence-electron chi connectivity index (χ0n) is 12.1. The molecular weight excluding hydrogens is 372 g/mol. The molecule has 0 aliphatic rings. The van der Waals surface area contributed by atoms with E-state index in [4.69, 9.17) is 10.5 Å². The molecule has 0 bridgehead atoms. The Labute approximate surface area is 137 Å². The standard InChI is InChI=1S/C14H22FN3O.HI/c1-10(2)8-17-14(16)18-9-13(19-3)11-4-6-12(15)7-5-11;/h4-7,10,13H,8-9H2,1-3H3,(H3,16,17,18);1H. The number of hydrogen-bond acceptors (Lipinski definition) is 2. The minimum absolute atomic E-state index is 0. The monoisotopic (exact) mass is 395 g/mol. The van der Waals surface area contributed by atoms with Crippen molar-refractivity contribution in [2.45, 2.75) is 20.0 Å². The van der Waals surface area contributed by atoms with Crippen LogP contribution in [0.15, 0.2) is 29.3 Å². The maximum Gasteiger partial charge on any atom is 0.188 e. The first kappa shape index (κ1) is 19.1. The van der Waals surface area contributed by atoms with Gasteiger partial charge >= 0.3 is 0 Å². The van der Waals surface area contributed by atoms with Crippen molar-refractivity contribution < 1.29 is 9.13 Å². The van der Waals surface area contributed by atoms with Crippen molar-refractivity contribution in [2.24, 2.45) is 16.6 Å². The average Bonchev–Trinajstić information content (AvgIpc) is 2.39. The molecule has 1 aromatic rings. The second-order valence-corrected chi connectivity index (χ2v) is 4.78. The summed E-state index contributed by atoms with van der Waals surface area (Å²) in [6.07, 6.45) is -0.187. The largest absolute Gasteiger partial charge is 0.375 e. The lowest BCUT2D eigenvalue weighted by molar-refractivity contribution is 0.106. The summed E-state index contributed by atoms with van der Waals surface area (Å²) in [5, 5.41) is 3.01. The molecule has 0 aliphatic heterocycles. The Morgan fingerprint density at radius 3 is 2.45 bits per heavy atom. The number of aliphatic imine (C=N–C) groups is 1. The van der Waals surface area contributed by atoms with Crippen LogP contribution in [0.5, 0.6) is 0 Å². The van der Waals surface area contributed by atoms with Crippen molar-refractivity contribution in [3.05, 3.63) is 35.6 Å². The summed E-state index contributed by atoms with van der Waals surface area (Å²) in [4.78, 5) is 4.21. The highest BCUT2D eigenvalue weighted by molar-refractivity contribution is 14.0. The molecule has 0 amide bonds. The normalized spacial score (nSPS) is 12.9. The summed E-state index contributed by atoms with van der Waals surface area (Å²) in [5.41, 5.74) is 6.65. The van der Waals surface area contributed by atoms with Gasteiger partial charge in [0, 0.05) is 20.2 Å². The summed E-state index contributed by atoms with van der Waals surface area (Å²) < 4.78 is 18.2. The Bertz CT molecular complexity index is 409. The summed E-state index contributed by atoms with van der Waals surface area (Å²) in [6, 6.07) is 6.23. The van der Waals surface area contributed by atoms with Crippen LogP contribution >= 0.6 is 24.0 Å². The molecule has 1 rings (SSSR count). The van der Waals surface area contributed by atoms with Crippen molar-refractivity contribution >= 4 is 29.9 Å². The lowest BCUT2D eigenvalue weighted by atomic mass is 10.1. The van der Waals surface area contributed by atoms with Gasteiger partial charge in [0.2, 0.25) is 0 Å². The number of nitrogens with zero attached hydrogens (tertiary/aromatic N) is 1. The lowest BCUT2D eigenvalue weighted by Crippen LogP contribution is -2.35. The minimum atomic E-state index is -0.260. The molecule has 1 aromatic carbocycles. The van der Waals surface area contributed by atoms with Crippen molar-refractivity contribution in [3.8, 4) is 0 Å². The van der Waals surface area contributed by atoms with Gasteiger partial charge in [-0.15, -0.1) is 24.0 Å². The quantitative estimate of drug-likeness (QED) is 0.443. The van der Waals surface area contributed by atoms with E-state index in [1.54, 1.807) is 19.2 Å². The van der Waals surface area contributed by atoms with Crippen molar-refractivity contribution in [1.29, 1.82) is 0 Å². The molecule has 0 heterocycles. The zero-order chi connectivity index (χ0) is 14.3. The van der Waals surface area contributed by atoms with Crippen LogP contribution in [0.2, 0.25) is 0 Å². The molecule has 3 N–H and O–H groups in total. The molecule has 1 unspecified atom stereocenters. The van der Waals surface area contributed by atoms with E-state index in [0.717, 1.165) is 5.56 Å². The Kier molecular flexibility index (Phi) is 9.49. The Morgan fingerprint density at radius 2 is 1.95 bits per heavy atom. The summed E-state index contributed by atoms with van der Waals surface area (Å²) in [5.74, 6) is 0.609. The van der Waals surface area contributed by atoms with E-state index in [9.17, 15) is 4.39 Å². The highest BCUT2D eigenvalue weighted by atomic mass is 127. The molecule has 114 valence electrons. The first-order chi connectivity index (χ1) is 9.02. The van der Waals surface area contributed by atoms with Crippen LogP contribution in [0.4, 0.5) is 4.39 Å². The van der Waals surface area contributed by atoms with E-state index < -0.39 is 0 Å². The van der Waals surface area contributed by atoms with Crippen LogP contribution in [0.1, 0.15) is 25.5 Å². The smallest absolute Gasteiger partial charge is 0.188 e. The molecule has 0 saturated heterocycles. The van der Waals surface area contributed by atoms with Crippen molar-refractivity contribution in [2.75, 3.05) is 20.2 Å². The number of rotatable bonds is 6. The van der Waals surface area contributed by atoms with Gasteiger partial charge < -0.3 is 15.8 Å². The van der Waals surface area contributed by atoms with Crippen molar-refractivity contribution in [1.82, 2.24) is 5.32 Å². The fraction of sp³-hybridized carbons (Fsp3) is 0.500. The fourth-order valence-electron chi connectivity index (χ4n) is 1.55. The maximum absolute atomic E-state index is 12.8. The second kappa shape index (κ2) is 9.93. The third-order valence-electron chi connectivity index (χ3n) is 2.62. The van der Waals surface area contributed by atoms with E-state index in [1.165, 1.54) is 12.1 Å².